The molecule has 0 bridgehead atoms. The lowest BCUT2D eigenvalue weighted by atomic mass is 9.84. The number of hydrogen-bond acceptors (Lipinski definition) is 3. The van der Waals surface area contributed by atoms with Crippen molar-refractivity contribution in [2.75, 3.05) is 11.5 Å². The fourth-order valence-electron chi connectivity index (χ4n) is 5.04. The molecule has 0 fully saturated rings. The van der Waals surface area contributed by atoms with E-state index in [9.17, 15) is 0 Å². The monoisotopic (exact) mass is 444 g/mol. The second-order valence-corrected chi connectivity index (χ2v) is 9.65. The van der Waals surface area contributed by atoms with E-state index in [1.54, 1.807) is 0 Å². The van der Waals surface area contributed by atoms with Crippen LogP contribution in [0.3, 0.4) is 0 Å². The summed E-state index contributed by atoms with van der Waals surface area (Å²) in [4.78, 5) is 10.0. The quantitative estimate of drug-likeness (QED) is 0.252. The summed E-state index contributed by atoms with van der Waals surface area (Å²) in [6.45, 7) is 2.24. The molecular weight excluding hydrogens is 420 g/mol. The SMILES string of the molecule is CCSCC(c1c2ccccc2nc2ccccc12)c1c2ccccc2nc2ccccc12. The predicted molar refractivity (Wildman–Crippen MR) is 143 cm³/mol. The van der Waals surface area contributed by atoms with Crippen LogP contribution in [0.1, 0.15) is 24.0 Å². The fourth-order valence-corrected chi connectivity index (χ4v) is 5.85. The normalized spacial score (nSPS) is 11.8. The second-order valence-electron chi connectivity index (χ2n) is 8.33. The highest BCUT2D eigenvalue weighted by Gasteiger charge is 2.24. The minimum absolute atomic E-state index is 0.213. The van der Waals surface area contributed by atoms with Crippen LogP contribution in [0.5, 0.6) is 0 Å². The smallest absolute Gasteiger partial charge is 0.0712 e. The molecule has 0 spiro atoms. The molecule has 160 valence electrons. The average molecular weight is 445 g/mol. The second kappa shape index (κ2) is 8.49. The molecule has 0 aliphatic carbocycles. The number of fused-ring (bicyclic) bond motifs is 4. The highest BCUT2D eigenvalue weighted by molar-refractivity contribution is 7.99. The Bertz CT molecular complexity index is 1400. The number of para-hydroxylation sites is 4. The van der Waals surface area contributed by atoms with Crippen molar-refractivity contribution < 1.29 is 0 Å². The Balaban J connectivity index is 1.78. The largest absolute Gasteiger partial charge is 0.248 e. The molecule has 0 aliphatic rings. The van der Waals surface area contributed by atoms with Crippen LogP contribution < -0.4 is 0 Å². The lowest BCUT2D eigenvalue weighted by Crippen LogP contribution is -2.09. The molecule has 0 amide bonds. The summed E-state index contributed by atoms with van der Waals surface area (Å²) < 4.78 is 0. The van der Waals surface area contributed by atoms with E-state index in [4.69, 9.17) is 9.97 Å². The van der Waals surface area contributed by atoms with Crippen molar-refractivity contribution >= 4 is 55.4 Å². The molecule has 6 aromatic rings. The van der Waals surface area contributed by atoms with Gasteiger partial charge in [0.05, 0.1) is 22.1 Å². The standard InChI is InChI=1S/C30H24N2S/c1-2-33-19-24(29-20-11-3-7-15-25(20)31-26-16-8-4-12-21(26)29)30-22-13-5-9-17-27(22)32-28-18-10-6-14-23(28)30/h3-18,24H,2,19H2,1H3. The van der Waals surface area contributed by atoms with E-state index in [1.165, 1.54) is 32.7 Å². The highest BCUT2D eigenvalue weighted by Crippen LogP contribution is 2.42. The van der Waals surface area contributed by atoms with Gasteiger partial charge in [-0.2, -0.15) is 11.8 Å². The molecular formula is C30H24N2S. The van der Waals surface area contributed by atoms with Gasteiger partial charge in [-0.05, 0) is 41.1 Å². The van der Waals surface area contributed by atoms with Crippen molar-refractivity contribution in [1.29, 1.82) is 0 Å². The Morgan fingerprint density at radius 1 is 0.545 bits per heavy atom. The van der Waals surface area contributed by atoms with Gasteiger partial charge in [-0.1, -0.05) is 79.7 Å². The first kappa shape index (κ1) is 20.2. The molecule has 0 atom stereocenters. The summed E-state index contributed by atoms with van der Waals surface area (Å²) in [5.74, 6) is 2.30. The molecule has 6 rings (SSSR count). The number of hydrogen-bond donors (Lipinski definition) is 0. The number of rotatable bonds is 5. The van der Waals surface area contributed by atoms with Crippen LogP contribution in [0.25, 0.3) is 43.6 Å². The van der Waals surface area contributed by atoms with Gasteiger partial charge in [0, 0.05) is 33.2 Å². The summed E-state index contributed by atoms with van der Waals surface area (Å²) >= 11 is 2.00. The van der Waals surface area contributed by atoms with Crippen LogP contribution in [0.2, 0.25) is 0 Å². The van der Waals surface area contributed by atoms with E-state index in [0.29, 0.717) is 0 Å². The first-order valence-corrected chi connectivity index (χ1v) is 12.6. The van der Waals surface area contributed by atoms with E-state index < -0.39 is 0 Å². The van der Waals surface area contributed by atoms with Gasteiger partial charge in [-0.15, -0.1) is 0 Å². The van der Waals surface area contributed by atoms with Gasteiger partial charge in [-0.3, -0.25) is 0 Å². The summed E-state index contributed by atoms with van der Waals surface area (Å²) in [5.41, 5.74) is 6.97. The van der Waals surface area contributed by atoms with Gasteiger partial charge in [0.15, 0.2) is 0 Å². The molecule has 0 saturated heterocycles. The number of thioether (sulfide) groups is 1. The average Bonchev–Trinajstić information content (AvgIpc) is 2.87. The highest BCUT2D eigenvalue weighted by atomic mass is 32.2. The van der Waals surface area contributed by atoms with E-state index >= 15 is 0 Å². The Morgan fingerprint density at radius 3 is 1.21 bits per heavy atom. The molecule has 3 heteroatoms. The van der Waals surface area contributed by atoms with Crippen molar-refractivity contribution in [1.82, 2.24) is 9.97 Å². The van der Waals surface area contributed by atoms with Crippen LogP contribution in [-0.4, -0.2) is 21.5 Å². The molecule has 0 N–H and O–H groups in total. The molecule has 33 heavy (non-hydrogen) atoms. The number of aromatic nitrogens is 2. The molecule has 0 unspecified atom stereocenters. The van der Waals surface area contributed by atoms with Gasteiger partial charge in [-0.25, -0.2) is 9.97 Å². The fraction of sp³-hybridized carbons (Fsp3) is 0.133. The van der Waals surface area contributed by atoms with Crippen molar-refractivity contribution in [2.45, 2.75) is 12.8 Å². The maximum Gasteiger partial charge on any atom is 0.0712 e. The summed E-state index contributed by atoms with van der Waals surface area (Å²) in [5, 5.41) is 4.96. The Kier molecular flexibility index (Phi) is 5.20. The van der Waals surface area contributed by atoms with Gasteiger partial charge in [0.2, 0.25) is 0 Å². The van der Waals surface area contributed by atoms with Crippen molar-refractivity contribution in [3.8, 4) is 0 Å². The van der Waals surface area contributed by atoms with Crippen LogP contribution >= 0.6 is 11.8 Å². The maximum absolute atomic E-state index is 5.00. The Labute approximate surface area is 197 Å². The topological polar surface area (TPSA) is 25.8 Å². The minimum atomic E-state index is 0.213. The van der Waals surface area contributed by atoms with Crippen molar-refractivity contribution in [2.24, 2.45) is 0 Å². The molecule has 0 saturated carbocycles. The molecule has 2 nitrogen and oxygen atoms in total. The zero-order valence-corrected chi connectivity index (χ0v) is 19.3. The molecule has 2 aromatic heterocycles. The van der Waals surface area contributed by atoms with Gasteiger partial charge in [0.25, 0.3) is 0 Å². The van der Waals surface area contributed by atoms with Crippen LogP contribution in [-0.2, 0) is 0 Å². The zero-order valence-electron chi connectivity index (χ0n) is 18.5. The molecule has 0 aliphatic heterocycles. The summed E-state index contributed by atoms with van der Waals surface area (Å²) in [6, 6.07) is 34.4. The first-order chi connectivity index (χ1) is 16.3. The van der Waals surface area contributed by atoms with E-state index in [1.807, 2.05) is 11.8 Å². The number of pyridine rings is 2. The summed E-state index contributed by atoms with van der Waals surface area (Å²) in [6.07, 6.45) is 0. The third kappa shape index (κ3) is 3.44. The lowest BCUT2D eigenvalue weighted by Gasteiger charge is -2.24. The van der Waals surface area contributed by atoms with Crippen molar-refractivity contribution in [3.05, 3.63) is 108 Å². The minimum Gasteiger partial charge on any atom is -0.248 e. The molecule has 4 aromatic carbocycles. The number of benzene rings is 4. The van der Waals surface area contributed by atoms with Gasteiger partial charge in [0.1, 0.15) is 0 Å². The first-order valence-electron chi connectivity index (χ1n) is 11.5. The Morgan fingerprint density at radius 2 is 0.879 bits per heavy atom. The lowest BCUT2D eigenvalue weighted by molar-refractivity contribution is 0.977. The third-order valence-electron chi connectivity index (χ3n) is 6.44. The summed E-state index contributed by atoms with van der Waals surface area (Å²) in [7, 11) is 0. The third-order valence-corrected chi connectivity index (χ3v) is 7.42. The van der Waals surface area contributed by atoms with Crippen molar-refractivity contribution in [3.63, 3.8) is 0 Å². The van der Waals surface area contributed by atoms with Gasteiger partial charge < -0.3 is 0 Å². The Hall–Kier alpha value is -3.43. The van der Waals surface area contributed by atoms with E-state index in [-0.39, 0.29) is 5.92 Å². The number of nitrogens with zero attached hydrogens (tertiary/aromatic N) is 2. The van der Waals surface area contributed by atoms with Crippen LogP contribution in [0, 0.1) is 0 Å². The van der Waals surface area contributed by atoms with Crippen LogP contribution in [0.15, 0.2) is 97.1 Å². The molecule has 2 heterocycles. The zero-order chi connectivity index (χ0) is 22.2. The maximum atomic E-state index is 5.00. The predicted octanol–water partition coefficient (Wildman–Crippen LogP) is 7.97. The van der Waals surface area contributed by atoms with Crippen LogP contribution in [0.4, 0.5) is 0 Å². The van der Waals surface area contributed by atoms with E-state index in [0.717, 1.165) is 33.6 Å². The van der Waals surface area contributed by atoms with Gasteiger partial charge >= 0.3 is 0 Å². The molecule has 0 radical (unpaired) electrons. The van der Waals surface area contributed by atoms with E-state index in [2.05, 4.69) is 104 Å².